The number of nitrogens with one attached hydrogen (secondary N) is 1. The van der Waals surface area contributed by atoms with Crippen molar-refractivity contribution >= 4 is 39.9 Å². The van der Waals surface area contributed by atoms with Crippen molar-refractivity contribution in [1.82, 2.24) is 14.8 Å². The molecule has 0 radical (unpaired) electrons. The Morgan fingerprint density at radius 1 is 1.38 bits per heavy atom. The van der Waals surface area contributed by atoms with Crippen LogP contribution in [0.5, 0.6) is 0 Å². The molecule has 0 bridgehead atoms. The van der Waals surface area contributed by atoms with E-state index in [4.69, 9.17) is 5.73 Å². The molecule has 3 N–H and O–H groups in total. The van der Waals surface area contributed by atoms with E-state index in [0.29, 0.717) is 10.6 Å². The van der Waals surface area contributed by atoms with Crippen LogP contribution in [0.3, 0.4) is 0 Å². The SMILES string of the molecule is C[C@H](Sc1nnc2n1CCCCC2)C(=O)Nc1sccc1C(N)=O. The number of aromatic nitrogens is 3. The topological polar surface area (TPSA) is 103 Å². The minimum atomic E-state index is -0.547. The summed E-state index contributed by atoms with van der Waals surface area (Å²) in [7, 11) is 0. The third-order valence-electron chi connectivity index (χ3n) is 3.89. The van der Waals surface area contributed by atoms with Gasteiger partial charge in [0.05, 0.1) is 10.8 Å². The molecule has 2 aromatic rings. The first-order valence-corrected chi connectivity index (χ1v) is 9.59. The Morgan fingerprint density at radius 3 is 3.00 bits per heavy atom. The minimum absolute atomic E-state index is 0.184. The Labute approximate surface area is 148 Å². The molecule has 0 unspecified atom stereocenters. The summed E-state index contributed by atoms with van der Waals surface area (Å²) in [6.45, 7) is 2.71. The van der Waals surface area contributed by atoms with E-state index in [2.05, 4.69) is 20.1 Å². The molecule has 1 aliphatic rings. The molecule has 3 rings (SSSR count). The summed E-state index contributed by atoms with van der Waals surface area (Å²) in [5.74, 6) is 0.266. The molecule has 0 aromatic carbocycles. The number of nitrogens with two attached hydrogens (primary N) is 1. The molecule has 9 heteroatoms. The van der Waals surface area contributed by atoms with E-state index in [0.717, 1.165) is 36.8 Å². The number of carbonyl (C=O) groups excluding carboxylic acids is 2. The summed E-state index contributed by atoms with van der Waals surface area (Å²) in [5, 5.41) is 13.9. The zero-order valence-corrected chi connectivity index (χ0v) is 15.0. The van der Waals surface area contributed by atoms with Crippen LogP contribution in [0.4, 0.5) is 5.00 Å². The Kier molecular flexibility index (Phi) is 5.20. The predicted octanol–water partition coefficient (Wildman–Crippen LogP) is 2.28. The van der Waals surface area contributed by atoms with Crippen molar-refractivity contribution in [2.75, 3.05) is 5.32 Å². The monoisotopic (exact) mass is 365 g/mol. The van der Waals surface area contributed by atoms with Gasteiger partial charge >= 0.3 is 0 Å². The van der Waals surface area contributed by atoms with Crippen molar-refractivity contribution in [2.45, 2.75) is 49.6 Å². The molecule has 2 aromatic heterocycles. The number of rotatable bonds is 5. The van der Waals surface area contributed by atoms with E-state index in [1.165, 1.54) is 29.5 Å². The second-order valence-electron chi connectivity index (χ2n) is 5.64. The van der Waals surface area contributed by atoms with Crippen LogP contribution >= 0.6 is 23.1 Å². The Balaban J connectivity index is 1.67. The number of anilines is 1. The van der Waals surface area contributed by atoms with Crippen molar-refractivity contribution in [2.24, 2.45) is 5.73 Å². The standard InChI is InChI=1S/C15H19N5O2S2/c1-9(13(22)17-14-10(12(16)21)6-8-23-14)24-15-19-18-11-5-3-2-4-7-20(11)15/h6,8-9H,2-5,7H2,1H3,(H2,16,21)(H,17,22)/t9-/m0/s1. The molecular formula is C15H19N5O2S2. The van der Waals surface area contributed by atoms with Crippen molar-refractivity contribution in [3.05, 3.63) is 22.8 Å². The number of hydrogen-bond acceptors (Lipinski definition) is 6. The van der Waals surface area contributed by atoms with Gasteiger partial charge in [-0.1, -0.05) is 18.2 Å². The number of fused-ring (bicyclic) bond motifs is 1. The van der Waals surface area contributed by atoms with E-state index in [1.54, 1.807) is 11.4 Å². The van der Waals surface area contributed by atoms with E-state index in [-0.39, 0.29) is 11.2 Å². The number of primary amides is 1. The van der Waals surface area contributed by atoms with E-state index >= 15 is 0 Å². The van der Waals surface area contributed by atoms with Crippen LogP contribution < -0.4 is 11.1 Å². The van der Waals surface area contributed by atoms with Crippen molar-refractivity contribution in [3.8, 4) is 0 Å². The zero-order chi connectivity index (χ0) is 17.1. The molecule has 24 heavy (non-hydrogen) atoms. The van der Waals surface area contributed by atoms with Gasteiger partial charge in [0, 0.05) is 13.0 Å². The maximum Gasteiger partial charge on any atom is 0.251 e. The Bertz CT molecular complexity index is 755. The van der Waals surface area contributed by atoms with Gasteiger partial charge in [0.15, 0.2) is 5.16 Å². The number of hydrogen-bond donors (Lipinski definition) is 2. The lowest BCUT2D eigenvalue weighted by molar-refractivity contribution is -0.115. The van der Waals surface area contributed by atoms with Gasteiger partial charge in [0.2, 0.25) is 5.91 Å². The van der Waals surface area contributed by atoms with Crippen LogP contribution in [0, 0.1) is 0 Å². The van der Waals surface area contributed by atoms with Gasteiger partial charge in [0.25, 0.3) is 5.91 Å². The van der Waals surface area contributed by atoms with Crippen LogP contribution in [0.25, 0.3) is 0 Å². The highest BCUT2D eigenvalue weighted by Crippen LogP contribution is 2.28. The highest BCUT2D eigenvalue weighted by atomic mass is 32.2. The highest BCUT2D eigenvalue weighted by molar-refractivity contribution is 8.00. The Morgan fingerprint density at radius 2 is 2.21 bits per heavy atom. The molecular weight excluding hydrogens is 346 g/mol. The van der Waals surface area contributed by atoms with Gasteiger partial charge in [-0.25, -0.2) is 0 Å². The fraction of sp³-hybridized carbons (Fsp3) is 0.467. The van der Waals surface area contributed by atoms with E-state index in [9.17, 15) is 9.59 Å². The van der Waals surface area contributed by atoms with Gasteiger partial charge in [0.1, 0.15) is 10.8 Å². The summed E-state index contributed by atoms with van der Waals surface area (Å²) in [6, 6.07) is 1.61. The molecule has 1 atom stereocenters. The molecule has 0 saturated carbocycles. The van der Waals surface area contributed by atoms with Gasteiger partial charge < -0.3 is 15.6 Å². The number of nitrogens with zero attached hydrogens (tertiary/aromatic N) is 3. The number of thiophene rings is 1. The number of aryl methyl sites for hydroxylation is 1. The second-order valence-corrected chi connectivity index (χ2v) is 7.86. The lowest BCUT2D eigenvalue weighted by Crippen LogP contribution is -2.24. The largest absolute Gasteiger partial charge is 0.366 e. The third kappa shape index (κ3) is 3.62. The molecule has 0 fully saturated rings. The average Bonchev–Trinajstić information content (AvgIpc) is 3.08. The molecule has 3 heterocycles. The first-order chi connectivity index (χ1) is 11.6. The van der Waals surface area contributed by atoms with Gasteiger partial charge in [-0.3, -0.25) is 9.59 Å². The smallest absolute Gasteiger partial charge is 0.251 e. The van der Waals surface area contributed by atoms with Crippen LogP contribution in [-0.2, 0) is 17.8 Å². The van der Waals surface area contributed by atoms with Gasteiger partial charge in [-0.05, 0) is 31.2 Å². The molecule has 2 amide bonds. The van der Waals surface area contributed by atoms with Crippen LogP contribution in [0.1, 0.15) is 42.4 Å². The van der Waals surface area contributed by atoms with Crippen LogP contribution in [-0.4, -0.2) is 31.8 Å². The second kappa shape index (κ2) is 7.35. The summed E-state index contributed by atoms with van der Waals surface area (Å²) < 4.78 is 2.11. The lowest BCUT2D eigenvalue weighted by Gasteiger charge is -2.12. The molecule has 128 valence electrons. The lowest BCUT2D eigenvalue weighted by atomic mass is 10.2. The highest BCUT2D eigenvalue weighted by Gasteiger charge is 2.22. The van der Waals surface area contributed by atoms with Crippen LogP contribution in [0.15, 0.2) is 16.6 Å². The molecule has 1 aliphatic heterocycles. The maximum absolute atomic E-state index is 12.4. The quantitative estimate of drug-likeness (QED) is 0.791. The summed E-state index contributed by atoms with van der Waals surface area (Å²) in [6.07, 6.45) is 4.37. The van der Waals surface area contributed by atoms with Crippen LogP contribution in [0.2, 0.25) is 0 Å². The van der Waals surface area contributed by atoms with Crippen molar-refractivity contribution < 1.29 is 9.59 Å². The normalized spacial score (nSPS) is 15.4. The summed E-state index contributed by atoms with van der Waals surface area (Å²) >= 11 is 2.67. The summed E-state index contributed by atoms with van der Waals surface area (Å²) in [4.78, 5) is 23.7. The Hall–Kier alpha value is -1.87. The predicted molar refractivity (Wildman–Crippen MR) is 94.4 cm³/mol. The fourth-order valence-corrected chi connectivity index (χ4v) is 4.26. The number of carbonyl (C=O) groups is 2. The number of thioether (sulfide) groups is 1. The van der Waals surface area contributed by atoms with E-state index < -0.39 is 5.91 Å². The zero-order valence-electron chi connectivity index (χ0n) is 13.3. The average molecular weight is 365 g/mol. The number of amides is 2. The first kappa shape index (κ1) is 17.0. The minimum Gasteiger partial charge on any atom is -0.366 e. The van der Waals surface area contributed by atoms with Crippen molar-refractivity contribution in [1.29, 1.82) is 0 Å². The molecule has 0 saturated heterocycles. The van der Waals surface area contributed by atoms with E-state index in [1.807, 2.05) is 6.92 Å². The molecule has 7 nitrogen and oxygen atoms in total. The van der Waals surface area contributed by atoms with Crippen molar-refractivity contribution in [3.63, 3.8) is 0 Å². The summed E-state index contributed by atoms with van der Waals surface area (Å²) in [5.41, 5.74) is 5.64. The molecule has 0 aliphatic carbocycles. The fourth-order valence-electron chi connectivity index (χ4n) is 2.57. The van der Waals surface area contributed by atoms with Gasteiger partial charge in [-0.15, -0.1) is 21.5 Å². The van der Waals surface area contributed by atoms with Gasteiger partial charge in [-0.2, -0.15) is 0 Å². The molecule has 0 spiro atoms. The first-order valence-electron chi connectivity index (χ1n) is 7.83. The third-order valence-corrected chi connectivity index (χ3v) is 5.80. The maximum atomic E-state index is 12.4.